The monoisotopic (exact) mass is 336 g/mol. The molecule has 1 aromatic heterocycles. The summed E-state index contributed by atoms with van der Waals surface area (Å²) in [6.45, 7) is 7.07. The number of ether oxygens (including phenoxy) is 1. The highest BCUT2D eigenvalue weighted by Gasteiger charge is 2.14. The maximum absolute atomic E-state index is 11.1. The van der Waals surface area contributed by atoms with Gasteiger partial charge in [0.1, 0.15) is 12.4 Å². The molecule has 0 radical (unpaired) electrons. The quantitative estimate of drug-likeness (QED) is 0.782. The van der Waals surface area contributed by atoms with Gasteiger partial charge in [-0.3, -0.25) is 9.48 Å². The van der Waals surface area contributed by atoms with Gasteiger partial charge in [0.25, 0.3) is 0 Å². The maximum Gasteiger partial charge on any atom is 0.153 e. The van der Waals surface area contributed by atoms with Crippen LogP contribution in [-0.4, -0.2) is 16.1 Å². The second kappa shape index (κ2) is 6.22. The molecule has 2 rings (SSSR count). The van der Waals surface area contributed by atoms with Crippen molar-refractivity contribution in [2.75, 3.05) is 0 Å². The van der Waals surface area contributed by atoms with Crippen LogP contribution in [0.25, 0.3) is 0 Å². The van der Waals surface area contributed by atoms with Crippen molar-refractivity contribution in [2.45, 2.75) is 33.9 Å². The summed E-state index contributed by atoms with van der Waals surface area (Å²) < 4.78 is 8.72. The van der Waals surface area contributed by atoms with Crippen molar-refractivity contribution < 1.29 is 9.53 Å². The number of para-hydroxylation sites is 1. The second-order valence-corrected chi connectivity index (χ2v) is 5.35. The van der Waals surface area contributed by atoms with E-state index in [0.29, 0.717) is 17.9 Å². The Kier molecular flexibility index (Phi) is 4.60. The van der Waals surface area contributed by atoms with Crippen LogP contribution in [0, 0.1) is 13.8 Å². The van der Waals surface area contributed by atoms with Gasteiger partial charge in [-0.1, -0.05) is 12.1 Å². The zero-order chi connectivity index (χ0) is 14.7. The van der Waals surface area contributed by atoms with Gasteiger partial charge in [-0.15, -0.1) is 0 Å². The van der Waals surface area contributed by atoms with Crippen LogP contribution in [0.15, 0.2) is 22.7 Å². The van der Waals surface area contributed by atoms with E-state index in [9.17, 15) is 4.79 Å². The SMILES string of the molecule is CCn1nc(C)c(Br)c1COc1c(C)cccc1C=O. The van der Waals surface area contributed by atoms with Crippen LogP contribution in [0.2, 0.25) is 0 Å². The molecule has 0 saturated carbocycles. The van der Waals surface area contributed by atoms with Crippen LogP contribution >= 0.6 is 15.9 Å². The first kappa shape index (κ1) is 14.8. The fourth-order valence-corrected chi connectivity index (χ4v) is 2.51. The minimum Gasteiger partial charge on any atom is -0.486 e. The number of benzene rings is 1. The lowest BCUT2D eigenvalue weighted by Crippen LogP contribution is -2.08. The Bertz CT molecular complexity index is 635. The van der Waals surface area contributed by atoms with Gasteiger partial charge in [0.15, 0.2) is 6.29 Å². The topological polar surface area (TPSA) is 44.1 Å². The summed E-state index contributed by atoms with van der Waals surface area (Å²) in [7, 11) is 0. The largest absolute Gasteiger partial charge is 0.486 e. The molecule has 0 aliphatic heterocycles. The van der Waals surface area contributed by atoms with Gasteiger partial charge in [0.2, 0.25) is 0 Å². The molecular weight excluding hydrogens is 320 g/mol. The van der Waals surface area contributed by atoms with Crippen molar-refractivity contribution in [3.05, 3.63) is 45.2 Å². The van der Waals surface area contributed by atoms with Crippen LogP contribution in [0.4, 0.5) is 0 Å². The first-order valence-corrected chi connectivity index (χ1v) is 7.27. The summed E-state index contributed by atoms with van der Waals surface area (Å²) in [6.07, 6.45) is 0.819. The minimum atomic E-state index is 0.376. The second-order valence-electron chi connectivity index (χ2n) is 4.56. The van der Waals surface area contributed by atoms with E-state index < -0.39 is 0 Å². The van der Waals surface area contributed by atoms with Crippen molar-refractivity contribution in [3.8, 4) is 5.75 Å². The fourth-order valence-electron chi connectivity index (χ4n) is 2.11. The first-order valence-electron chi connectivity index (χ1n) is 6.47. The van der Waals surface area contributed by atoms with Gasteiger partial charge in [-0.25, -0.2) is 0 Å². The van der Waals surface area contributed by atoms with E-state index in [2.05, 4.69) is 21.0 Å². The fraction of sp³-hybridized carbons (Fsp3) is 0.333. The van der Waals surface area contributed by atoms with E-state index in [1.165, 1.54) is 0 Å². The molecule has 0 spiro atoms. The van der Waals surface area contributed by atoms with Gasteiger partial charge in [-0.05, 0) is 48.3 Å². The van der Waals surface area contributed by atoms with Gasteiger partial charge in [0.05, 0.1) is 21.4 Å². The van der Waals surface area contributed by atoms with Crippen molar-refractivity contribution in [1.82, 2.24) is 9.78 Å². The summed E-state index contributed by atoms with van der Waals surface area (Å²) in [5.74, 6) is 0.635. The molecule has 0 unspecified atom stereocenters. The van der Waals surface area contributed by atoms with Crippen molar-refractivity contribution in [1.29, 1.82) is 0 Å². The molecule has 0 amide bonds. The third kappa shape index (κ3) is 2.77. The van der Waals surface area contributed by atoms with Gasteiger partial charge in [0, 0.05) is 6.54 Å². The zero-order valence-corrected chi connectivity index (χ0v) is 13.4. The molecule has 0 aliphatic rings. The molecule has 0 bridgehead atoms. The van der Waals surface area contributed by atoms with Gasteiger partial charge < -0.3 is 4.74 Å². The number of carbonyl (C=O) groups is 1. The predicted octanol–water partition coefficient (Wildman–Crippen LogP) is 3.67. The van der Waals surface area contributed by atoms with Crippen LogP contribution < -0.4 is 4.74 Å². The van der Waals surface area contributed by atoms with E-state index in [4.69, 9.17) is 4.74 Å². The molecular formula is C15H17BrN2O2. The lowest BCUT2D eigenvalue weighted by Gasteiger charge is -2.12. The van der Waals surface area contributed by atoms with Gasteiger partial charge in [-0.2, -0.15) is 5.10 Å². The Labute approximate surface area is 126 Å². The summed E-state index contributed by atoms with van der Waals surface area (Å²) in [5.41, 5.74) is 3.43. The van der Waals surface area contributed by atoms with E-state index in [1.54, 1.807) is 6.07 Å². The Morgan fingerprint density at radius 1 is 1.40 bits per heavy atom. The zero-order valence-electron chi connectivity index (χ0n) is 11.8. The molecule has 0 aliphatic carbocycles. The molecule has 2 aromatic rings. The molecule has 0 N–H and O–H groups in total. The lowest BCUT2D eigenvalue weighted by molar-refractivity contribution is 0.111. The number of aldehydes is 1. The third-order valence-corrected chi connectivity index (χ3v) is 4.21. The molecule has 5 heteroatoms. The van der Waals surface area contributed by atoms with E-state index in [-0.39, 0.29) is 0 Å². The molecule has 0 fully saturated rings. The van der Waals surface area contributed by atoms with E-state index >= 15 is 0 Å². The molecule has 4 nitrogen and oxygen atoms in total. The minimum absolute atomic E-state index is 0.376. The summed E-state index contributed by atoms with van der Waals surface area (Å²) in [5, 5.41) is 4.43. The smallest absolute Gasteiger partial charge is 0.153 e. The number of rotatable bonds is 5. The van der Waals surface area contributed by atoms with Crippen molar-refractivity contribution >= 4 is 22.2 Å². The van der Waals surface area contributed by atoms with Crippen LogP contribution in [-0.2, 0) is 13.2 Å². The molecule has 106 valence electrons. The lowest BCUT2D eigenvalue weighted by atomic mass is 10.1. The number of nitrogens with zero attached hydrogens (tertiary/aromatic N) is 2. The number of carbonyl (C=O) groups excluding carboxylic acids is 1. The van der Waals surface area contributed by atoms with Crippen LogP contribution in [0.5, 0.6) is 5.75 Å². The number of aryl methyl sites for hydroxylation is 3. The number of aromatic nitrogens is 2. The van der Waals surface area contributed by atoms with Crippen molar-refractivity contribution in [3.63, 3.8) is 0 Å². The highest BCUT2D eigenvalue weighted by Crippen LogP contribution is 2.26. The van der Waals surface area contributed by atoms with Gasteiger partial charge >= 0.3 is 0 Å². The Balaban J connectivity index is 2.28. The maximum atomic E-state index is 11.1. The third-order valence-electron chi connectivity index (χ3n) is 3.18. The molecule has 1 aromatic carbocycles. The molecule has 20 heavy (non-hydrogen) atoms. The first-order chi connectivity index (χ1) is 9.58. The number of halogens is 1. The van der Waals surface area contributed by atoms with E-state index in [1.807, 2.05) is 37.6 Å². The summed E-state index contributed by atoms with van der Waals surface area (Å²) in [4.78, 5) is 11.1. The molecule has 0 atom stereocenters. The predicted molar refractivity (Wildman–Crippen MR) is 81.2 cm³/mol. The highest BCUT2D eigenvalue weighted by atomic mass is 79.9. The molecule has 1 heterocycles. The highest BCUT2D eigenvalue weighted by molar-refractivity contribution is 9.10. The van der Waals surface area contributed by atoms with Crippen molar-refractivity contribution in [2.24, 2.45) is 0 Å². The molecule has 0 saturated heterocycles. The van der Waals surface area contributed by atoms with Crippen LogP contribution in [0.1, 0.15) is 34.2 Å². The summed E-state index contributed by atoms with van der Waals surface area (Å²) in [6, 6.07) is 5.54. The average molecular weight is 337 g/mol. The van der Waals surface area contributed by atoms with Crippen LogP contribution in [0.3, 0.4) is 0 Å². The Hall–Kier alpha value is -1.62. The number of hydrogen-bond donors (Lipinski definition) is 0. The average Bonchev–Trinajstić information content (AvgIpc) is 2.72. The van der Waals surface area contributed by atoms with E-state index in [0.717, 1.165) is 34.3 Å². The summed E-state index contributed by atoms with van der Waals surface area (Å²) >= 11 is 3.54. The Morgan fingerprint density at radius 3 is 2.80 bits per heavy atom. The standard InChI is InChI=1S/C15H17BrN2O2/c1-4-18-13(14(16)11(3)17-18)9-20-15-10(2)6-5-7-12(15)8-19/h5-8H,4,9H2,1-3H3. The number of hydrogen-bond acceptors (Lipinski definition) is 3. The Morgan fingerprint density at radius 2 is 2.15 bits per heavy atom. The normalized spacial score (nSPS) is 10.6.